The highest BCUT2D eigenvalue weighted by molar-refractivity contribution is 5.89. The third kappa shape index (κ3) is 2.75. The number of anilines is 1. The molecule has 0 fully saturated rings. The Balaban J connectivity index is 2.82. The molecular formula is C13H19NO2. The molecule has 0 heterocycles. The van der Waals surface area contributed by atoms with Crippen LogP contribution in [0.4, 0.5) is 5.69 Å². The van der Waals surface area contributed by atoms with Gasteiger partial charge in [-0.1, -0.05) is 6.92 Å². The van der Waals surface area contributed by atoms with Gasteiger partial charge in [-0.2, -0.15) is 0 Å². The summed E-state index contributed by atoms with van der Waals surface area (Å²) >= 11 is 0. The third-order valence-corrected chi connectivity index (χ3v) is 2.95. The predicted molar refractivity (Wildman–Crippen MR) is 65.9 cm³/mol. The van der Waals surface area contributed by atoms with Crippen LogP contribution in [0.2, 0.25) is 0 Å². The first-order chi connectivity index (χ1) is 7.60. The zero-order valence-corrected chi connectivity index (χ0v) is 10.4. The van der Waals surface area contributed by atoms with Gasteiger partial charge in [0, 0.05) is 18.8 Å². The first-order valence-electron chi connectivity index (χ1n) is 5.51. The van der Waals surface area contributed by atoms with E-state index in [2.05, 4.69) is 30.5 Å². The summed E-state index contributed by atoms with van der Waals surface area (Å²) in [5, 5.41) is 0. The Hall–Kier alpha value is -1.51. The fourth-order valence-corrected chi connectivity index (χ4v) is 1.48. The first-order valence-corrected chi connectivity index (χ1v) is 5.51. The number of carbonyl (C=O) groups is 1. The second kappa shape index (κ2) is 5.54. The lowest BCUT2D eigenvalue weighted by atomic mass is 10.1. The number of carbonyl (C=O) groups excluding carboxylic acids is 1. The molecule has 16 heavy (non-hydrogen) atoms. The van der Waals surface area contributed by atoms with Crippen molar-refractivity contribution in [3.05, 3.63) is 29.8 Å². The molecule has 1 aromatic rings. The molecule has 0 aliphatic heterocycles. The molecule has 3 heteroatoms. The summed E-state index contributed by atoms with van der Waals surface area (Å²) in [5.41, 5.74) is 1.70. The van der Waals surface area contributed by atoms with Crippen LogP contribution in [0.15, 0.2) is 24.3 Å². The van der Waals surface area contributed by atoms with Gasteiger partial charge in [0.25, 0.3) is 0 Å². The number of methoxy groups -OCH3 is 1. The van der Waals surface area contributed by atoms with Crippen LogP contribution in [0.1, 0.15) is 30.6 Å². The van der Waals surface area contributed by atoms with E-state index in [9.17, 15) is 4.79 Å². The van der Waals surface area contributed by atoms with E-state index in [0.717, 1.165) is 12.1 Å². The maximum atomic E-state index is 11.2. The van der Waals surface area contributed by atoms with Gasteiger partial charge in [0.15, 0.2) is 0 Å². The van der Waals surface area contributed by atoms with Gasteiger partial charge in [-0.3, -0.25) is 0 Å². The highest BCUT2D eigenvalue weighted by Gasteiger charge is 2.09. The highest BCUT2D eigenvalue weighted by atomic mass is 16.5. The molecule has 0 saturated heterocycles. The first kappa shape index (κ1) is 12.6. The van der Waals surface area contributed by atoms with Gasteiger partial charge in [0.05, 0.1) is 12.7 Å². The number of rotatable bonds is 4. The van der Waals surface area contributed by atoms with E-state index in [1.54, 1.807) is 12.1 Å². The maximum absolute atomic E-state index is 11.2. The van der Waals surface area contributed by atoms with Crippen LogP contribution in [-0.4, -0.2) is 26.2 Å². The van der Waals surface area contributed by atoms with Gasteiger partial charge in [0.2, 0.25) is 0 Å². The van der Waals surface area contributed by atoms with Crippen LogP contribution in [0.3, 0.4) is 0 Å². The normalized spacial score (nSPS) is 12.0. The number of esters is 1. The second-order valence-electron chi connectivity index (χ2n) is 3.91. The standard InChI is InChI=1S/C13H19NO2/c1-5-10(2)14(3)12-8-6-11(7-9-12)13(15)16-4/h6-10H,5H2,1-4H3. The molecule has 0 bridgehead atoms. The lowest BCUT2D eigenvalue weighted by Gasteiger charge is -2.26. The topological polar surface area (TPSA) is 29.5 Å². The van der Waals surface area contributed by atoms with Crippen molar-refractivity contribution < 1.29 is 9.53 Å². The van der Waals surface area contributed by atoms with Crippen molar-refractivity contribution in [2.45, 2.75) is 26.3 Å². The Morgan fingerprint density at radius 1 is 1.38 bits per heavy atom. The number of benzene rings is 1. The van der Waals surface area contributed by atoms with Crippen molar-refractivity contribution in [3.8, 4) is 0 Å². The molecule has 1 unspecified atom stereocenters. The Morgan fingerprint density at radius 3 is 2.38 bits per heavy atom. The molecule has 88 valence electrons. The van der Waals surface area contributed by atoms with Gasteiger partial charge in [0.1, 0.15) is 0 Å². The number of hydrogen-bond donors (Lipinski definition) is 0. The molecule has 0 amide bonds. The van der Waals surface area contributed by atoms with Gasteiger partial charge in [-0.05, 0) is 37.6 Å². The molecule has 0 radical (unpaired) electrons. The molecule has 1 rings (SSSR count). The fourth-order valence-electron chi connectivity index (χ4n) is 1.48. The van der Waals surface area contributed by atoms with E-state index in [-0.39, 0.29) is 5.97 Å². The van der Waals surface area contributed by atoms with Crippen molar-refractivity contribution in [3.63, 3.8) is 0 Å². The number of hydrogen-bond acceptors (Lipinski definition) is 3. The van der Waals surface area contributed by atoms with Crippen LogP contribution in [0, 0.1) is 0 Å². The van der Waals surface area contributed by atoms with Crippen LogP contribution in [0.25, 0.3) is 0 Å². The minimum Gasteiger partial charge on any atom is -0.465 e. The van der Waals surface area contributed by atoms with Crippen molar-refractivity contribution in [2.24, 2.45) is 0 Å². The quantitative estimate of drug-likeness (QED) is 0.732. The Labute approximate surface area is 97.0 Å². The second-order valence-corrected chi connectivity index (χ2v) is 3.91. The van der Waals surface area contributed by atoms with Gasteiger partial charge in [-0.15, -0.1) is 0 Å². The lowest BCUT2D eigenvalue weighted by molar-refractivity contribution is 0.0601. The Morgan fingerprint density at radius 2 is 1.94 bits per heavy atom. The monoisotopic (exact) mass is 221 g/mol. The molecule has 0 aliphatic rings. The Kier molecular flexibility index (Phi) is 4.35. The third-order valence-electron chi connectivity index (χ3n) is 2.95. The summed E-state index contributed by atoms with van der Waals surface area (Å²) in [7, 11) is 3.45. The van der Waals surface area contributed by atoms with Crippen LogP contribution in [0.5, 0.6) is 0 Å². The molecule has 3 nitrogen and oxygen atoms in total. The van der Waals surface area contributed by atoms with Gasteiger partial charge < -0.3 is 9.64 Å². The van der Waals surface area contributed by atoms with E-state index >= 15 is 0 Å². The summed E-state index contributed by atoms with van der Waals surface area (Å²) in [6.45, 7) is 4.33. The minimum atomic E-state index is -0.294. The van der Waals surface area contributed by atoms with Gasteiger partial charge >= 0.3 is 5.97 Å². The van der Waals surface area contributed by atoms with Crippen molar-refractivity contribution >= 4 is 11.7 Å². The molecule has 0 aliphatic carbocycles. The minimum absolute atomic E-state index is 0.294. The summed E-state index contributed by atoms with van der Waals surface area (Å²) in [4.78, 5) is 13.4. The van der Waals surface area contributed by atoms with Crippen LogP contribution in [-0.2, 0) is 4.74 Å². The maximum Gasteiger partial charge on any atom is 0.337 e. The lowest BCUT2D eigenvalue weighted by Crippen LogP contribution is -2.27. The zero-order chi connectivity index (χ0) is 12.1. The Bertz CT molecular complexity index is 345. The van der Waals surface area contributed by atoms with Crippen molar-refractivity contribution in [1.29, 1.82) is 0 Å². The fraction of sp³-hybridized carbons (Fsp3) is 0.462. The van der Waals surface area contributed by atoms with Gasteiger partial charge in [-0.25, -0.2) is 4.79 Å². The van der Waals surface area contributed by atoms with Crippen molar-refractivity contribution in [1.82, 2.24) is 0 Å². The van der Waals surface area contributed by atoms with Crippen LogP contribution < -0.4 is 4.90 Å². The summed E-state index contributed by atoms with van der Waals surface area (Å²) in [5.74, 6) is -0.294. The molecule has 1 aromatic carbocycles. The molecule has 0 N–H and O–H groups in total. The molecule has 0 aromatic heterocycles. The average molecular weight is 221 g/mol. The summed E-state index contributed by atoms with van der Waals surface area (Å²) in [6, 6.07) is 7.96. The molecule has 1 atom stereocenters. The smallest absolute Gasteiger partial charge is 0.337 e. The average Bonchev–Trinajstić information content (AvgIpc) is 2.36. The SMILES string of the molecule is CCC(C)N(C)c1ccc(C(=O)OC)cc1. The molecular weight excluding hydrogens is 202 g/mol. The largest absolute Gasteiger partial charge is 0.465 e. The summed E-state index contributed by atoms with van der Waals surface area (Å²) < 4.78 is 4.65. The van der Waals surface area contributed by atoms with E-state index in [0.29, 0.717) is 11.6 Å². The zero-order valence-electron chi connectivity index (χ0n) is 10.4. The highest BCUT2D eigenvalue weighted by Crippen LogP contribution is 2.17. The number of ether oxygens (including phenoxy) is 1. The van der Waals surface area contributed by atoms with E-state index in [1.165, 1.54) is 7.11 Å². The number of nitrogens with zero attached hydrogens (tertiary/aromatic N) is 1. The van der Waals surface area contributed by atoms with E-state index < -0.39 is 0 Å². The van der Waals surface area contributed by atoms with E-state index in [4.69, 9.17) is 0 Å². The predicted octanol–water partition coefficient (Wildman–Crippen LogP) is 2.71. The van der Waals surface area contributed by atoms with Crippen molar-refractivity contribution in [2.75, 3.05) is 19.1 Å². The summed E-state index contributed by atoms with van der Waals surface area (Å²) in [6.07, 6.45) is 1.09. The molecule has 0 spiro atoms. The van der Waals surface area contributed by atoms with E-state index in [1.807, 2.05) is 12.1 Å². The molecule has 0 saturated carbocycles. The van der Waals surface area contributed by atoms with Crippen LogP contribution >= 0.6 is 0 Å².